The van der Waals surface area contributed by atoms with Crippen molar-refractivity contribution in [2.24, 2.45) is 17.6 Å². The van der Waals surface area contributed by atoms with E-state index in [0.29, 0.717) is 12.5 Å². The Morgan fingerprint density at radius 3 is 2.24 bits per heavy atom. The summed E-state index contributed by atoms with van der Waals surface area (Å²) in [6.45, 7) is 4.65. The summed E-state index contributed by atoms with van der Waals surface area (Å²) in [4.78, 5) is 0. The zero-order valence-corrected chi connectivity index (χ0v) is 11.8. The van der Waals surface area contributed by atoms with E-state index in [-0.39, 0.29) is 6.54 Å². The van der Waals surface area contributed by atoms with Crippen molar-refractivity contribution in [1.82, 2.24) is 4.72 Å². The minimum atomic E-state index is -3.20. The number of nitrogens with two attached hydrogens (primary N) is 1. The number of nitrogens with one attached hydrogen (secondary N) is 1. The molecule has 0 aromatic rings. The minimum absolute atomic E-state index is 0.178. The van der Waals surface area contributed by atoms with Gasteiger partial charge in [-0.2, -0.15) is 0 Å². The van der Waals surface area contributed by atoms with E-state index < -0.39 is 15.3 Å². The van der Waals surface area contributed by atoms with Crippen LogP contribution in [0.1, 0.15) is 46.0 Å². The summed E-state index contributed by atoms with van der Waals surface area (Å²) in [5.74, 6) is 1.36. The molecule has 1 saturated carbocycles. The highest BCUT2D eigenvalue weighted by Crippen LogP contribution is 2.30. The van der Waals surface area contributed by atoms with Crippen molar-refractivity contribution in [2.45, 2.75) is 51.2 Å². The van der Waals surface area contributed by atoms with Crippen molar-refractivity contribution < 1.29 is 8.42 Å². The molecule has 0 radical (unpaired) electrons. The van der Waals surface area contributed by atoms with Gasteiger partial charge in [-0.15, -0.1) is 0 Å². The fourth-order valence-electron chi connectivity index (χ4n) is 2.35. The van der Waals surface area contributed by atoms with E-state index in [4.69, 9.17) is 5.73 Å². The normalized spacial score (nSPS) is 27.9. The second-order valence-electron chi connectivity index (χ2n) is 5.23. The molecule has 0 heterocycles. The average molecular weight is 262 g/mol. The molecule has 5 heteroatoms. The van der Waals surface area contributed by atoms with Crippen LogP contribution in [0.4, 0.5) is 0 Å². The molecule has 1 unspecified atom stereocenters. The molecule has 0 bridgehead atoms. The van der Waals surface area contributed by atoms with Crippen LogP contribution in [0.5, 0.6) is 0 Å². The Hall–Kier alpha value is -0.130. The van der Waals surface area contributed by atoms with Gasteiger partial charge in [-0.05, 0) is 31.6 Å². The van der Waals surface area contributed by atoms with Gasteiger partial charge in [0.05, 0.1) is 5.25 Å². The first-order valence-corrected chi connectivity index (χ1v) is 8.22. The molecule has 0 aromatic heterocycles. The summed E-state index contributed by atoms with van der Waals surface area (Å²) in [7, 11) is -3.20. The van der Waals surface area contributed by atoms with Gasteiger partial charge in [-0.3, -0.25) is 0 Å². The second kappa shape index (κ2) is 6.71. The van der Waals surface area contributed by atoms with Crippen molar-refractivity contribution in [3.63, 3.8) is 0 Å². The van der Waals surface area contributed by atoms with Gasteiger partial charge in [0, 0.05) is 13.1 Å². The largest absolute Gasteiger partial charge is 0.329 e. The molecule has 1 rings (SSSR count). The lowest BCUT2D eigenvalue weighted by atomic mass is 9.81. The lowest BCUT2D eigenvalue weighted by Crippen LogP contribution is -2.39. The van der Waals surface area contributed by atoms with Crippen molar-refractivity contribution in [3.8, 4) is 0 Å². The van der Waals surface area contributed by atoms with Crippen LogP contribution < -0.4 is 10.5 Å². The van der Waals surface area contributed by atoms with E-state index in [1.54, 1.807) is 6.92 Å². The third-order valence-electron chi connectivity index (χ3n) is 3.98. The van der Waals surface area contributed by atoms with Gasteiger partial charge in [-0.1, -0.05) is 26.2 Å². The molecule has 17 heavy (non-hydrogen) atoms. The Morgan fingerprint density at radius 1 is 1.24 bits per heavy atom. The molecule has 0 spiro atoms. The van der Waals surface area contributed by atoms with Crippen LogP contribution in [0.25, 0.3) is 0 Å². The molecule has 1 aliphatic rings. The average Bonchev–Trinajstić information content (AvgIpc) is 2.36. The maximum Gasteiger partial charge on any atom is 0.215 e. The molecule has 0 aliphatic heterocycles. The van der Waals surface area contributed by atoms with Crippen molar-refractivity contribution in [2.75, 3.05) is 13.1 Å². The molecule has 1 atom stereocenters. The Balaban J connectivity index is 2.32. The van der Waals surface area contributed by atoms with E-state index in [0.717, 1.165) is 18.8 Å². The van der Waals surface area contributed by atoms with Crippen LogP contribution in [0, 0.1) is 11.8 Å². The maximum absolute atomic E-state index is 11.7. The number of sulfonamides is 1. The molecule has 0 saturated heterocycles. The summed E-state index contributed by atoms with van der Waals surface area (Å²) < 4.78 is 26.2. The quantitative estimate of drug-likeness (QED) is 0.761. The standard InChI is InChI=1S/C12H26N2O2S/c1-3-11-4-6-12(7-5-11)9-14-17(15,16)10(2)8-13/h10-12,14H,3-9,13H2,1-2H3. The number of rotatable bonds is 6. The van der Waals surface area contributed by atoms with E-state index in [1.807, 2.05) is 0 Å². The lowest BCUT2D eigenvalue weighted by Gasteiger charge is -2.28. The van der Waals surface area contributed by atoms with E-state index in [9.17, 15) is 8.42 Å². The molecule has 1 fully saturated rings. The molecule has 1 aliphatic carbocycles. The third-order valence-corrected chi connectivity index (χ3v) is 5.80. The van der Waals surface area contributed by atoms with Crippen molar-refractivity contribution in [3.05, 3.63) is 0 Å². The van der Waals surface area contributed by atoms with Gasteiger partial charge in [0.1, 0.15) is 0 Å². The molecular weight excluding hydrogens is 236 g/mol. The molecule has 4 nitrogen and oxygen atoms in total. The first-order chi connectivity index (χ1) is 7.99. The Kier molecular flexibility index (Phi) is 5.89. The van der Waals surface area contributed by atoms with Crippen LogP contribution in [-0.4, -0.2) is 26.8 Å². The predicted molar refractivity (Wildman–Crippen MR) is 71.2 cm³/mol. The lowest BCUT2D eigenvalue weighted by molar-refractivity contribution is 0.270. The fraction of sp³-hybridized carbons (Fsp3) is 1.00. The molecule has 0 amide bonds. The van der Waals surface area contributed by atoms with Crippen LogP contribution in [0.3, 0.4) is 0 Å². The molecule has 102 valence electrons. The first-order valence-electron chi connectivity index (χ1n) is 6.68. The zero-order chi connectivity index (χ0) is 12.9. The van der Waals surface area contributed by atoms with Crippen LogP contribution >= 0.6 is 0 Å². The summed E-state index contributed by atoms with van der Waals surface area (Å²) in [6.07, 6.45) is 6.05. The Labute approximate surface area is 105 Å². The SMILES string of the molecule is CCC1CCC(CNS(=O)(=O)C(C)CN)CC1. The monoisotopic (exact) mass is 262 g/mol. The minimum Gasteiger partial charge on any atom is -0.329 e. The van der Waals surface area contributed by atoms with Gasteiger partial charge < -0.3 is 5.73 Å². The summed E-state index contributed by atoms with van der Waals surface area (Å²) in [5.41, 5.74) is 5.38. The van der Waals surface area contributed by atoms with Gasteiger partial charge in [0.15, 0.2) is 0 Å². The van der Waals surface area contributed by atoms with Crippen LogP contribution in [0.15, 0.2) is 0 Å². The smallest absolute Gasteiger partial charge is 0.215 e. The van der Waals surface area contributed by atoms with Crippen LogP contribution in [-0.2, 0) is 10.0 Å². The van der Waals surface area contributed by atoms with E-state index in [1.165, 1.54) is 19.3 Å². The third kappa shape index (κ3) is 4.56. The highest BCUT2D eigenvalue weighted by atomic mass is 32.2. The van der Waals surface area contributed by atoms with Crippen LogP contribution in [0.2, 0.25) is 0 Å². The Bertz CT molecular complexity index is 308. The maximum atomic E-state index is 11.7. The highest BCUT2D eigenvalue weighted by molar-refractivity contribution is 7.90. The Morgan fingerprint density at radius 2 is 1.76 bits per heavy atom. The topological polar surface area (TPSA) is 72.2 Å². The predicted octanol–water partition coefficient (Wildman–Crippen LogP) is 1.47. The fourth-order valence-corrected chi connectivity index (χ4v) is 3.35. The summed E-state index contributed by atoms with van der Waals surface area (Å²) in [6, 6.07) is 0. The second-order valence-corrected chi connectivity index (χ2v) is 7.42. The summed E-state index contributed by atoms with van der Waals surface area (Å²) in [5, 5.41) is -0.491. The van der Waals surface area contributed by atoms with Gasteiger partial charge in [-0.25, -0.2) is 13.1 Å². The first kappa shape index (κ1) is 14.9. The molecule has 0 aromatic carbocycles. The number of hydrogen-bond donors (Lipinski definition) is 2. The highest BCUT2D eigenvalue weighted by Gasteiger charge is 2.23. The van der Waals surface area contributed by atoms with Crippen molar-refractivity contribution in [1.29, 1.82) is 0 Å². The van der Waals surface area contributed by atoms with Gasteiger partial charge in [0.25, 0.3) is 0 Å². The van der Waals surface area contributed by atoms with Gasteiger partial charge in [0.2, 0.25) is 10.0 Å². The van der Waals surface area contributed by atoms with Crippen molar-refractivity contribution >= 4 is 10.0 Å². The molecule has 3 N–H and O–H groups in total. The van der Waals surface area contributed by atoms with E-state index in [2.05, 4.69) is 11.6 Å². The zero-order valence-electron chi connectivity index (χ0n) is 11.0. The molecular formula is C12H26N2O2S. The van der Waals surface area contributed by atoms with Gasteiger partial charge >= 0.3 is 0 Å². The number of hydrogen-bond acceptors (Lipinski definition) is 3. The van der Waals surface area contributed by atoms with E-state index >= 15 is 0 Å². The summed E-state index contributed by atoms with van der Waals surface area (Å²) >= 11 is 0.